The average molecular weight is 785 g/mol. The maximum absolute atomic E-state index is 15.0. The highest BCUT2D eigenvalue weighted by molar-refractivity contribution is 7.99. The minimum atomic E-state index is -1.52. The number of likely N-dealkylation sites (N-methyl/N-ethyl adjacent to an activating group) is 1. The first-order valence-electron chi connectivity index (χ1n) is 18.9. The molecule has 5 N–H and O–H groups in total. The number of para-hydroxylation sites is 1. The number of aliphatic hydroxyl groups is 1. The van der Waals surface area contributed by atoms with Gasteiger partial charge in [0.2, 0.25) is 6.79 Å². The topological polar surface area (TPSA) is 178 Å². The molecule has 3 aromatic carbocycles. The molecule has 1 spiro atoms. The van der Waals surface area contributed by atoms with Crippen LogP contribution in [0.2, 0.25) is 0 Å². The maximum Gasteiger partial charge on any atom is 0.335 e. The highest BCUT2D eigenvalue weighted by Crippen LogP contribution is 2.65. The van der Waals surface area contributed by atoms with Crippen LogP contribution in [0.3, 0.4) is 0 Å². The molecule has 8 aliphatic rings. The number of ether oxygens (including phenoxy) is 5. The monoisotopic (exact) mass is 784 g/mol. The molecule has 2 fully saturated rings. The normalized spacial score (nSPS) is 31.3. The number of rotatable bonds is 3. The molecule has 0 amide bonds. The summed E-state index contributed by atoms with van der Waals surface area (Å²) >= 11 is 1.48. The van der Waals surface area contributed by atoms with Crippen LogP contribution < -0.4 is 30.0 Å². The summed E-state index contributed by atoms with van der Waals surface area (Å²) in [6.07, 6.45) is 0.730. The SMILES string of the molecule is COc1c(C)cc2c(c1O)C1C3[C@@H]4SC[C@]5(N[C@@H](CN)Cc6c5oc5ccccc65)C(=O)OCC(c5c6c(c(C)c(OC(C)=O)c54)OCO6)N3C(O)(C2)CN1C. The van der Waals surface area contributed by atoms with Crippen LogP contribution in [0.15, 0.2) is 34.7 Å². The third-order valence-electron chi connectivity index (χ3n) is 12.7. The molecule has 0 saturated carbocycles. The third-order valence-corrected chi connectivity index (χ3v) is 14.2. The smallest absolute Gasteiger partial charge is 0.335 e. The molecule has 9 heterocycles. The van der Waals surface area contributed by atoms with Gasteiger partial charge in [-0.05, 0) is 44.5 Å². The van der Waals surface area contributed by atoms with E-state index in [0.717, 1.165) is 22.1 Å². The van der Waals surface area contributed by atoms with Crippen molar-refractivity contribution in [1.29, 1.82) is 0 Å². The Labute approximate surface area is 327 Å². The lowest BCUT2D eigenvalue weighted by Gasteiger charge is -2.60. The molecule has 0 aliphatic carbocycles. The van der Waals surface area contributed by atoms with E-state index >= 15 is 0 Å². The fourth-order valence-corrected chi connectivity index (χ4v) is 12.3. The Morgan fingerprint density at radius 3 is 2.68 bits per heavy atom. The fraction of sp³-hybridized carbons (Fsp3) is 0.463. The van der Waals surface area contributed by atoms with Crippen LogP contribution >= 0.6 is 11.8 Å². The number of nitrogens with zero attached hydrogens (tertiary/aromatic N) is 2. The van der Waals surface area contributed by atoms with Crippen molar-refractivity contribution in [2.24, 2.45) is 5.73 Å². The maximum atomic E-state index is 15.0. The lowest BCUT2D eigenvalue weighted by Crippen LogP contribution is -2.70. The predicted octanol–water partition coefficient (Wildman–Crippen LogP) is 3.77. The zero-order valence-corrected chi connectivity index (χ0v) is 32.6. The second kappa shape index (κ2) is 12.5. The molecular weight excluding hydrogens is 741 g/mol. The van der Waals surface area contributed by atoms with Crippen LogP contribution in [0, 0.1) is 13.8 Å². The molecular formula is C41H44N4O10S. The Kier molecular flexibility index (Phi) is 8.00. The number of hydrogen-bond acceptors (Lipinski definition) is 15. The lowest BCUT2D eigenvalue weighted by atomic mass is 9.78. The van der Waals surface area contributed by atoms with Crippen molar-refractivity contribution in [1.82, 2.24) is 15.1 Å². The summed E-state index contributed by atoms with van der Waals surface area (Å²) in [5.74, 6) is 1.17. The van der Waals surface area contributed by atoms with Crippen molar-refractivity contribution in [2.45, 2.75) is 74.3 Å². The molecule has 4 aromatic rings. The minimum Gasteiger partial charge on any atom is -0.504 e. The van der Waals surface area contributed by atoms with E-state index in [1.165, 1.54) is 25.8 Å². The highest BCUT2D eigenvalue weighted by atomic mass is 32.2. The molecule has 5 unspecified atom stereocenters. The number of aromatic hydroxyl groups is 1. The third kappa shape index (κ3) is 4.75. The summed E-state index contributed by atoms with van der Waals surface area (Å²) in [6, 6.07) is 7.56. The number of benzene rings is 3. The van der Waals surface area contributed by atoms with Crippen LogP contribution in [0.4, 0.5) is 0 Å². The van der Waals surface area contributed by atoms with Crippen molar-refractivity contribution < 1.29 is 47.9 Å². The molecule has 8 atom stereocenters. The molecule has 4 bridgehead atoms. The number of carbonyl (C=O) groups is 2. The number of nitrogens with one attached hydrogen (secondary N) is 1. The summed E-state index contributed by atoms with van der Waals surface area (Å²) in [4.78, 5) is 32.1. The summed E-state index contributed by atoms with van der Waals surface area (Å²) in [6.45, 7) is 5.29. The van der Waals surface area contributed by atoms with E-state index in [4.69, 9.17) is 33.8 Å². The number of methoxy groups -OCH3 is 1. The van der Waals surface area contributed by atoms with Crippen molar-refractivity contribution in [3.05, 3.63) is 75.0 Å². The van der Waals surface area contributed by atoms with Crippen LogP contribution in [0.1, 0.15) is 69.0 Å². The second-order valence-electron chi connectivity index (χ2n) is 15.9. The molecule has 12 rings (SSSR count). The Morgan fingerprint density at radius 1 is 1.12 bits per heavy atom. The molecule has 8 aliphatic heterocycles. The average Bonchev–Trinajstić information content (AvgIpc) is 3.76. The van der Waals surface area contributed by atoms with Gasteiger partial charge < -0.3 is 44.0 Å². The van der Waals surface area contributed by atoms with Gasteiger partial charge in [-0.2, -0.15) is 0 Å². The van der Waals surface area contributed by atoms with Crippen molar-refractivity contribution >= 4 is 34.7 Å². The summed E-state index contributed by atoms with van der Waals surface area (Å²) in [5.41, 5.74) is 9.04. The molecule has 1 aromatic heterocycles. The molecule has 294 valence electrons. The number of fused-ring (bicyclic) bond motifs is 8. The van der Waals surface area contributed by atoms with Gasteiger partial charge in [0.05, 0.1) is 24.4 Å². The van der Waals surface area contributed by atoms with Crippen molar-refractivity contribution in [3.63, 3.8) is 0 Å². The predicted molar refractivity (Wildman–Crippen MR) is 204 cm³/mol. The van der Waals surface area contributed by atoms with Crippen LogP contribution in [-0.4, -0.2) is 96.2 Å². The standard InChI is InChI=1S/C41H44N4O10S/c1-18-10-21-12-40(49)15-44(4)30(27(21)32(47)33(18)50-5)31-37-29-28(36-35(52-17-53-36)19(2)34(29)54-20(3)46)25(45(31)40)14-51-39(48)41(16-56-37)38-24(11-22(13-42)43-41)23-8-6-7-9-26(23)55-38/h6-10,22,25,30-31,37,43,47,49H,11-17,42H2,1-5H3/t22-,25?,30?,31?,37-,40?,41-/m1/s1. The van der Waals surface area contributed by atoms with Gasteiger partial charge in [0.1, 0.15) is 29.4 Å². The quantitative estimate of drug-likeness (QED) is 0.174. The molecule has 14 nitrogen and oxygen atoms in total. The number of phenols is 1. The first-order chi connectivity index (χ1) is 26.9. The molecule has 15 heteroatoms. The highest BCUT2D eigenvalue weighted by Gasteiger charge is 2.64. The number of thioether (sulfide) groups is 1. The first-order valence-corrected chi connectivity index (χ1v) is 20.0. The van der Waals surface area contributed by atoms with Crippen LogP contribution in [0.25, 0.3) is 11.0 Å². The van der Waals surface area contributed by atoms with E-state index in [0.29, 0.717) is 63.0 Å². The van der Waals surface area contributed by atoms with Gasteiger partial charge in [-0.3, -0.25) is 19.9 Å². The Morgan fingerprint density at radius 2 is 1.91 bits per heavy atom. The number of piperazine rings is 1. The molecule has 0 radical (unpaired) electrons. The molecule has 56 heavy (non-hydrogen) atoms. The number of aryl methyl sites for hydroxylation is 1. The Balaban J connectivity index is 1.26. The number of carbonyl (C=O) groups excluding carboxylic acids is 2. The van der Waals surface area contributed by atoms with Crippen LogP contribution in [0.5, 0.6) is 28.7 Å². The first kappa shape index (κ1) is 35.9. The minimum absolute atomic E-state index is 0.0141. The number of nitrogens with two attached hydrogens (primary N) is 1. The Bertz CT molecular complexity index is 2370. The number of esters is 2. The number of phenolic OH excluding ortho intramolecular Hbond substituents is 1. The summed E-state index contributed by atoms with van der Waals surface area (Å²) in [5, 5.41) is 29.2. The fourth-order valence-electron chi connectivity index (χ4n) is 10.7. The second-order valence-corrected chi connectivity index (χ2v) is 17.1. The zero-order valence-electron chi connectivity index (χ0n) is 31.8. The van der Waals surface area contributed by atoms with E-state index in [1.807, 2.05) is 51.2 Å². The van der Waals surface area contributed by atoms with Gasteiger partial charge >= 0.3 is 11.9 Å². The lowest BCUT2D eigenvalue weighted by molar-refractivity contribution is -0.215. The van der Waals surface area contributed by atoms with Gasteiger partial charge in [0, 0.05) is 77.5 Å². The van der Waals surface area contributed by atoms with Gasteiger partial charge in [-0.15, -0.1) is 11.8 Å². The van der Waals surface area contributed by atoms with Crippen molar-refractivity contribution in [2.75, 3.05) is 46.4 Å². The molecule has 2 saturated heterocycles. The van der Waals surface area contributed by atoms with Crippen molar-refractivity contribution in [3.8, 4) is 28.7 Å². The number of hydrogen-bond donors (Lipinski definition) is 4. The summed E-state index contributed by atoms with van der Waals surface area (Å²) in [7, 11) is 3.48. The van der Waals surface area contributed by atoms with E-state index in [9.17, 15) is 19.8 Å². The van der Waals surface area contributed by atoms with E-state index in [1.54, 1.807) is 0 Å². The van der Waals surface area contributed by atoms with E-state index in [2.05, 4.69) is 15.1 Å². The number of furan rings is 1. The van der Waals surface area contributed by atoms with Gasteiger partial charge in [-0.25, -0.2) is 4.79 Å². The largest absolute Gasteiger partial charge is 0.504 e. The zero-order chi connectivity index (χ0) is 39.0. The van der Waals surface area contributed by atoms with Gasteiger partial charge in [-0.1, -0.05) is 24.3 Å². The van der Waals surface area contributed by atoms with E-state index in [-0.39, 0.29) is 50.5 Å². The van der Waals surface area contributed by atoms with Gasteiger partial charge in [0.25, 0.3) is 0 Å². The summed E-state index contributed by atoms with van der Waals surface area (Å²) < 4.78 is 37.3. The Hall–Kier alpha value is -4.51. The van der Waals surface area contributed by atoms with E-state index < -0.39 is 46.6 Å². The van der Waals surface area contributed by atoms with Gasteiger partial charge in [0.15, 0.2) is 28.5 Å². The van der Waals surface area contributed by atoms with Crippen LogP contribution in [-0.2, 0) is 32.7 Å².